The van der Waals surface area contributed by atoms with Crippen LogP contribution in [-0.4, -0.2) is 19.8 Å². The molecule has 0 saturated heterocycles. The van der Waals surface area contributed by atoms with E-state index < -0.39 is 0 Å². The standard InChI is InChI=1S/C10H16O5.C2H4/c1-4-11-8-7-14-9(12-5-2)10(15-8)13-6-3;1-2/h7H,4-6H2,1-3H3;1-2H2. The zero-order chi connectivity index (χ0) is 13.1. The highest BCUT2D eigenvalue weighted by molar-refractivity contribution is 4.98. The van der Waals surface area contributed by atoms with Crippen LogP contribution < -0.4 is 0 Å². The van der Waals surface area contributed by atoms with Crippen LogP contribution in [-0.2, 0) is 23.7 Å². The Morgan fingerprint density at radius 3 is 2.00 bits per heavy atom. The molecule has 0 saturated carbocycles. The van der Waals surface area contributed by atoms with Gasteiger partial charge in [-0.3, -0.25) is 0 Å². The van der Waals surface area contributed by atoms with Crippen LogP contribution in [0.4, 0.5) is 0 Å². The van der Waals surface area contributed by atoms with Gasteiger partial charge in [0.25, 0.3) is 0 Å². The Labute approximate surface area is 102 Å². The fourth-order valence-corrected chi connectivity index (χ4v) is 0.956. The summed E-state index contributed by atoms with van der Waals surface area (Å²) in [4.78, 5) is 0. The number of ether oxygens (including phenoxy) is 5. The second kappa shape index (κ2) is 9.45. The molecule has 0 aromatic rings. The van der Waals surface area contributed by atoms with Crippen molar-refractivity contribution >= 4 is 0 Å². The third-order valence-corrected chi connectivity index (χ3v) is 1.46. The van der Waals surface area contributed by atoms with Gasteiger partial charge in [0, 0.05) is 0 Å². The zero-order valence-electron chi connectivity index (χ0n) is 10.7. The summed E-state index contributed by atoms with van der Waals surface area (Å²) in [6, 6.07) is 0. The summed E-state index contributed by atoms with van der Waals surface area (Å²) in [5.41, 5.74) is 0. The first-order valence-corrected chi connectivity index (χ1v) is 5.49. The minimum Gasteiger partial charge on any atom is -0.463 e. The SMILES string of the molecule is C=C.CCOC1=COC(OCC)=C(OCC)O1. The van der Waals surface area contributed by atoms with Crippen LogP contribution in [0.15, 0.2) is 37.3 Å². The first-order chi connectivity index (χ1) is 8.31. The van der Waals surface area contributed by atoms with Crippen molar-refractivity contribution in [1.29, 1.82) is 0 Å². The minimum absolute atomic E-state index is 0.199. The fraction of sp³-hybridized carbons (Fsp3) is 0.500. The molecular weight excluding hydrogens is 224 g/mol. The van der Waals surface area contributed by atoms with Crippen molar-refractivity contribution in [3.05, 3.63) is 37.3 Å². The molecule has 0 aromatic carbocycles. The highest BCUT2D eigenvalue weighted by Crippen LogP contribution is 2.21. The molecule has 0 unspecified atom stereocenters. The molecule has 1 aliphatic heterocycles. The van der Waals surface area contributed by atoms with Gasteiger partial charge in [0.15, 0.2) is 6.26 Å². The van der Waals surface area contributed by atoms with Gasteiger partial charge in [0.1, 0.15) is 0 Å². The van der Waals surface area contributed by atoms with E-state index in [1.54, 1.807) is 0 Å². The second-order valence-corrected chi connectivity index (χ2v) is 2.53. The maximum Gasteiger partial charge on any atom is 0.372 e. The molecule has 0 aliphatic carbocycles. The molecule has 0 N–H and O–H groups in total. The van der Waals surface area contributed by atoms with E-state index in [4.69, 9.17) is 23.7 Å². The maximum absolute atomic E-state index is 5.28. The largest absolute Gasteiger partial charge is 0.463 e. The van der Waals surface area contributed by atoms with E-state index in [-0.39, 0.29) is 17.8 Å². The summed E-state index contributed by atoms with van der Waals surface area (Å²) >= 11 is 0. The average molecular weight is 244 g/mol. The summed E-state index contributed by atoms with van der Waals surface area (Å²) in [6.07, 6.45) is 1.34. The average Bonchev–Trinajstić information content (AvgIpc) is 2.36. The van der Waals surface area contributed by atoms with Gasteiger partial charge in [-0.25, -0.2) is 0 Å². The Hall–Kier alpha value is -1.78. The Balaban J connectivity index is 0.00000121. The lowest BCUT2D eigenvalue weighted by atomic mass is 10.7. The third kappa shape index (κ3) is 5.19. The predicted octanol–water partition coefficient (Wildman–Crippen LogP) is 2.87. The monoisotopic (exact) mass is 244 g/mol. The maximum atomic E-state index is 5.28. The number of hydrogen-bond acceptors (Lipinski definition) is 5. The molecule has 0 radical (unpaired) electrons. The fourth-order valence-electron chi connectivity index (χ4n) is 0.956. The molecule has 5 nitrogen and oxygen atoms in total. The van der Waals surface area contributed by atoms with Crippen LogP contribution in [0.5, 0.6) is 0 Å². The topological polar surface area (TPSA) is 46.2 Å². The van der Waals surface area contributed by atoms with Crippen molar-refractivity contribution in [1.82, 2.24) is 0 Å². The van der Waals surface area contributed by atoms with Gasteiger partial charge in [-0.2, -0.15) is 0 Å². The van der Waals surface area contributed by atoms with Crippen LogP contribution in [0.1, 0.15) is 20.8 Å². The smallest absolute Gasteiger partial charge is 0.372 e. The summed E-state index contributed by atoms with van der Waals surface area (Å²) in [6.45, 7) is 13.0. The van der Waals surface area contributed by atoms with E-state index in [9.17, 15) is 0 Å². The Bertz CT molecular complexity index is 270. The normalized spacial score (nSPS) is 13.5. The van der Waals surface area contributed by atoms with Crippen molar-refractivity contribution in [2.45, 2.75) is 20.8 Å². The Morgan fingerprint density at radius 2 is 1.47 bits per heavy atom. The lowest BCUT2D eigenvalue weighted by molar-refractivity contribution is -0.0671. The van der Waals surface area contributed by atoms with Gasteiger partial charge in [0.2, 0.25) is 0 Å². The summed E-state index contributed by atoms with van der Waals surface area (Å²) in [7, 11) is 0. The van der Waals surface area contributed by atoms with Crippen molar-refractivity contribution in [2.75, 3.05) is 19.8 Å². The predicted molar refractivity (Wildman–Crippen MR) is 63.4 cm³/mol. The number of rotatable bonds is 6. The van der Waals surface area contributed by atoms with E-state index in [1.807, 2.05) is 20.8 Å². The number of hydrogen-bond donors (Lipinski definition) is 0. The van der Waals surface area contributed by atoms with Gasteiger partial charge in [-0.1, -0.05) is 0 Å². The molecule has 98 valence electrons. The Morgan fingerprint density at radius 1 is 0.941 bits per heavy atom. The molecule has 0 amide bonds. The zero-order valence-corrected chi connectivity index (χ0v) is 10.7. The molecule has 1 aliphatic rings. The summed E-state index contributed by atoms with van der Waals surface area (Å²) in [5.74, 6) is 0.692. The van der Waals surface area contributed by atoms with Gasteiger partial charge in [-0.05, 0) is 20.8 Å². The van der Waals surface area contributed by atoms with Crippen molar-refractivity contribution in [3.8, 4) is 0 Å². The highest BCUT2D eigenvalue weighted by atomic mass is 16.8. The first-order valence-electron chi connectivity index (χ1n) is 5.49. The minimum atomic E-state index is 0.199. The quantitative estimate of drug-likeness (QED) is 0.672. The first kappa shape index (κ1) is 15.2. The van der Waals surface area contributed by atoms with Crippen molar-refractivity contribution in [2.24, 2.45) is 0 Å². The lowest BCUT2D eigenvalue weighted by Crippen LogP contribution is -2.12. The van der Waals surface area contributed by atoms with Gasteiger partial charge in [-0.15, -0.1) is 13.2 Å². The summed E-state index contributed by atoms with van der Waals surface area (Å²) < 4.78 is 26.0. The van der Waals surface area contributed by atoms with E-state index in [0.717, 1.165) is 0 Å². The third-order valence-electron chi connectivity index (χ3n) is 1.46. The van der Waals surface area contributed by atoms with Gasteiger partial charge in [0.05, 0.1) is 19.8 Å². The van der Waals surface area contributed by atoms with Gasteiger partial charge < -0.3 is 23.7 Å². The van der Waals surface area contributed by atoms with Crippen LogP contribution in [0.2, 0.25) is 0 Å². The van der Waals surface area contributed by atoms with E-state index in [0.29, 0.717) is 19.8 Å². The molecule has 1 heterocycles. The molecule has 0 aromatic heterocycles. The van der Waals surface area contributed by atoms with Crippen LogP contribution >= 0.6 is 0 Å². The molecule has 0 bridgehead atoms. The second-order valence-electron chi connectivity index (χ2n) is 2.53. The van der Waals surface area contributed by atoms with Crippen LogP contribution in [0, 0.1) is 0 Å². The molecule has 5 heteroatoms. The van der Waals surface area contributed by atoms with Gasteiger partial charge >= 0.3 is 17.8 Å². The van der Waals surface area contributed by atoms with Crippen molar-refractivity contribution in [3.63, 3.8) is 0 Å². The highest BCUT2D eigenvalue weighted by Gasteiger charge is 2.21. The lowest BCUT2D eigenvalue weighted by Gasteiger charge is -2.19. The Kier molecular flexibility index (Phi) is 8.46. The molecule has 0 atom stereocenters. The molecule has 17 heavy (non-hydrogen) atoms. The molecule has 1 rings (SSSR count). The van der Waals surface area contributed by atoms with Crippen molar-refractivity contribution < 1.29 is 23.7 Å². The summed E-state index contributed by atoms with van der Waals surface area (Å²) in [5, 5.41) is 0. The molecule has 0 spiro atoms. The van der Waals surface area contributed by atoms with E-state index in [1.165, 1.54) is 6.26 Å². The van der Waals surface area contributed by atoms with Crippen LogP contribution in [0.25, 0.3) is 0 Å². The van der Waals surface area contributed by atoms with E-state index >= 15 is 0 Å². The molecular formula is C12H20O5. The molecule has 0 fully saturated rings. The van der Waals surface area contributed by atoms with Crippen LogP contribution in [0.3, 0.4) is 0 Å². The van der Waals surface area contributed by atoms with E-state index in [2.05, 4.69) is 13.2 Å².